The third-order valence-electron chi connectivity index (χ3n) is 2.27. The molecule has 5 heteroatoms. The van der Waals surface area contributed by atoms with E-state index in [1.165, 1.54) is 0 Å². The van der Waals surface area contributed by atoms with Gasteiger partial charge in [0.15, 0.2) is 0 Å². The first-order chi connectivity index (χ1) is 7.56. The Morgan fingerprint density at radius 1 is 1.38 bits per heavy atom. The molecule has 0 aliphatic heterocycles. The number of fused-ring (bicyclic) bond motifs is 1. The molecular formula is C11H13BrN4. The van der Waals surface area contributed by atoms with Gasteiger partial charge in [0.1, 0.15) is 0 Å². The van der Waals surface area contributed by atoms with Gasteiger partial charge >= 0.3 is 0 Å². The smallest absolute Gasteiger partial charge is 0.220 e. The Labute approximate surface area is 102 Å². The zero-order chi connectivity index (χ0) is 11.7. The van der Waals surface area contributed by atoms with Gasteiger partial charge in [0.25, 0.3) is 0 Å². The van der Waals surface area contributed by atoms with Crippen molar-refractivity contribution in [2.75, 3.05) is 5.73 Å². The summed E-state index contributed by atoms with van der Waals surface area (Å²) in [5.41, 5.74) is 13.2. The third kappa shape index (κ3) is 2.31. The largest absolute Gasteiger partial charge is 0.368 e. The number of nitrogens with zero attached hydrogens (tertiary/aromatic N) is 2. The highest BCUT2D eigenvalue weighted by Crippen LogP contribution is 2.21. The summed E-state index contributed by atoms with van der Waals surface area (Å²) in [6.45, 7) is 1.95. The van der Waals surface area contributed by atoms with E-state index in [1.807, 2.05) is 25.1 Å². The Kier molecular flexibility index (Phi) is 3.07. The van der Waals surface area contributed by atoms with Gasteiger partial charge < -0.3 is 11.5 Å². The monoisotopic (exact) mass is 280 g/mol. The molecule has 0 aliphatic rings. The quantitative estimate of drug-likeness (QED) is 0.880. The fourth-order valence-corrected chi connectivity index (χ4v) is 2.00. The number of hydrogen-bond donors (Lipinski definition) is 2. The number of nitrogen functional groups attached to an aromatic ring is 1. The van der Waals surface area contributed by atoms with Crippen LogP contribution in [0.4, 0.5) is 5.95 Å². The lowest BCUT2D eigenvalue weighted by molar-refractivity contribution is 0.726. The highest BCUT2D eigenvalue weighted by Gasteiger charge is 2.08. The van der Waals surface area contributed by atoms with Gasteiger partial charge in [0, 0.05) is 22.3 Å². The number of aromatic nitrogens is 2. The normalized spacial score (nSPS) is 12.9. The van der Waals surface area contributed by atoms with Gasteiger partial charge in [-0.25, -0.2) is 9.97 Å². The molecule has 0 saturated heterocycles. The molecular weight excluding hydrogens is 268 g/mol. The van der Waals surface area contributed by atoms with E-state index in [0.717, 1.165) is 21.1 Å². The first-order valence-corrected chi connectivity index (χ1v) is 5.83. The molecule has 0 fully saturated rings. The molecule has 1 heterocycles. The summed E-state index contributed by atoms with van der Waals surface area (Å²) in [6, 6.07) is 5.93. The average Bonchev–Trinajstić information content (AvgIpc) is 2.15. The van der Waals surface area contributed by atoms with E-state index in [4.69, 9.17) is 11.5 Å². The van der Waals surface area contributed by atoms with Gasteiger partial charge in [-0.15, -0.1) is 0 Å². The fourth-order valence-electron chi connectivity index (χ4n) is 1.65. The Hall–Kier alpha value is -1.20. The number of halogens is 1. The summed E-state index contributed by atoms with van der Waals surface area (Å²) in [4.78, 5) is 8.44. The average molecular weight is 281 g/mol. The minimum Gasteiger partial charge on any atom is -0.368 e. The van der Waals surface area contributed by atoms with Crippen molar-refractivity contribution in [3.8, 4) is 0 Å². The second-order valence-electron chi connectivity index (χ2n) is 3.87. The second-order valence-corrected chi connectivity index (χ2v) is 4.79. The molecule has 2 aromatic rings. The Morgan fingerprint density at radius 3 is 2.81 bits per heavy atom. The number of hydrogen-bond acceptors (Lipinski definition) is 4. The van der Waals surface area contributed by atoms with Crippen LogP contribution in [-0.4, -0.2) is 16.0 Å². The molecule has 16 heavy (non-hydrogen) atoms. The molecule has 0 radical (unpaired) electrons. The van der Waals surface area contributed by atoms with Crippen LogP contribution in [0.15, 0.2) is 22.7 Å². The van der Waals surface area contributed by atoms with E-state index in [9.17, 15) is 0 Å². The molecule has 1 aromatic carbocycles. The van der Waals surface area contributed by atoms with Gasteiger partial charge in [0.05, 0.1) is 11.2 Å². The predicted molar refractivity (Wildman–Crippen MR) is 69.0 cm³/mol. The molecule has 2 rings (SSSR count). The van der Waals surface area contributed by atoms with Crippen molar-refractivity contribution in [1.82, 2.24) is 9.97 Å². The van der Waals surface area contributed by atoms with Crippen molar-refractivity contribution in [2.45, 2.75) is 19.4 Å². The second kappa shape index (κ2) is 4.35. The highest BCUT2D eigenvalue weighted by atomic mass is 79.9. The molecule has 4 nitrogen and oxygen atoms in total. The van der Waals surface area contributed by atoms with Crippen molar-refractivity contribution in [3.63, 3.8) is 0 Å². The molecule has 0 saturated carbocycles. The molecule has 1 aromatic heterocycles. The zero-order valence-corrected chi connectivity index (χ0v) is 10.5. The van der Waals surface area contributed by atoms with Crippen LogP contribution in [0.2, 0.25) is 0 Å². The molecule has 0 aliphatic carbocycles. The summed E-state index contributed by atoms with van der Waals surface area (Å²) >= 11 is 3.41. The third-order valence-corrected chi connectivity index (χ3v) is 2.76. The predicted octanol–water partition coefficient (Wildman–Crippen LogP) is 1.86. The topological polar surface area (TPSA) is 77.8 Å². The van der Waals surface area contributed by atoms with Crippen LogP contribution in [0.5, 0.6) is 0 Å². The first-order valence-electron chi connectivity index (χ1n) is 5.03. The lowest BCUT2D eigenvalue weighted by Crippen LogP contribution is -2.19. The van der Waals surface area contributed by atoms with E-state index in [-0.39, 0.29) is 6.04 Å². The summed E-state index contributed by atoms with van der Waals surface area (Å²) in [5, 5.41) is 1.01. The van der Waals surface area contributed by atoms with Crippen LogP contribution >= 0.6 is 15.9 Å². The first kappa shape index (κ1) is 11.3. The molecule has 1 unspecified atom stereocenters. The van der Waals surface area contributed by atoms with Gasteiger partial charge in [-0.1, -0.05) is 15.9 Å². The Balaban J connectivity index is 2.63. The lowest BCUT2D eigenvalue weighted by Gasteiger charge is -2.08. The summed E-state index contributed by atoms with van der Waals surface area (Å²) in [6.07, 6.45) is 0.699. The van der Waals surface area contributed by atoms with E-state index in [0.29, 0.717) is 12.4 Å². The van der Waals surface area contributed by atoms with Crippen molar-refractivity contribution >= 4 is 32.8 Å². The van der Waals surface area contributed by atoms with Crippen LogP contribution in [0.25, 0.3) is 10.9 Å². The van der Waals surface area contributed by atoms with Crippen LogP contribution in [0.1, 0.15) is 12.6 Å². The molecule has 4 N–H and O–H groups in total. The number of anilines is 1. The maximum Gasteiger partial charge on any atom is 0.220 e. The molecule has 0 bridgehead atoms. The van der Waals surface area contributed by atoms with Crippen LogP contribution < -0.4 is 11.5 Å². The summed E-state index contributed by atoms with van der Waals surface area (Å²) < 4.78 is 0.977. The minimum absolute atomic E-state index is 0.0566. The SMILES string of the molecule is CC(N)Cc1nc(N)nc2cc(Br)ccc12. The molecule has 1 atom stereocenters. The molecule has 0 spiro atoms. The summed E-state index contributed by atoms with van der Waals surface area (Å²) in [5.74, 6) is 0.293. The highest BCUT2D eigenvalue weighted by molar-refractivity contribution is 9.10. The lowest BCUT2D eigenvalue weighted by atomic mass is 10.1. The zero-order valence-electron chi connectivity index (χ0n) is 8.94. The van der Waals surface area contributed by atoms with Crippen LogP contribution in [0, 0.1) is 0 Å². The van der Waals surface area contributed by atoms with Crippen molar-refractivity contribution in [2.24, 2.45) is 5.73 Å². The van der Waals surface area contributed by atoms with E-state index < -0.39 is 0 Å². The Morgan fingerprint density at radius 2 is 2.12 bits per heavy atom. The van der Waals surface area contributed by atoms with Crippen molar-refractivity contribution in [1.29, 1.82) is 0 Å². The van der Waals surface area contributed by atoms with Gasteiger partial charge in [-0.3, -0.25) is 0 Å². The van der Waals surface area contributed by atoms with E-state index in [1.54, 1.807) is 0 Å². The van der Waals surface area contributed by atoms with Gasteiger partial charge in [-0.05, 0) is 25.1 Å². The summed E-state index contributed by atoms with van der Waals surface area (Å²) in [7, 11) is 0. The fraction of sp³-hybridized carbons (Fsp3) is 0.273. The standard InChI is InChI=1S/C11H13BrN4/c1-6(13)4-9-8-3-2-7(12)5-10(8)16-11(14)15-9/h2-3,5-6H,4,13H2,1H3,(H2,14,15,16). The van der Waals surface area contributed by atoms with Crippen molar-refractivity contribution < 1.29 is 0 Å². The maximum absolute atomic E-state index is 5.78. The van der Waals surface area contributed by atoms with E-state index in [2.05, 4.69) is 25.9 Å². The minimum atomic E-state index is 0.0566. The van der Waals surface area contributed by atoms with Gasteiger partial charge in [-0.2, -0.15) is 0 Å². The number of nitrogens with two attached hydrogens (primary N) is 2. The number of rotatable bonds is 2. The van der Waals surface area contributed by atoms with Crippen LogP contribution in [0.3, 0.4) is 0 Å². The number of benzene rings is 1. The van der Waals surface area contributed by atoms with Crippen molar-refractivity contribution in [3.05, 3.63) is 28.4 Å². The van der Waals surface area contributed by atoms with E-state index >= 15 is 0 Å². The molecule has 0 amide bonds. The van der Waals surface area contributed by atoms with Gasteiger partial charge in [0.2, 0.25) is 5.95 Å². The Bertz CT molecular complexity index is 519. The maximum atomic E-state index is 5.78. The molecule has 84 valence electrons. The van der Waals surface area contributed by atoms with Crippen LogP contribution in [-0.2, 0) is 6.42 Å².